The third-order valence-electron chi connectivity index (χ3n) is 4.32. The summed E-state index contributed by atoms with van der Waals surface area (Å²) in [6, 6.07) is 0. The van der Waals surface area contributed by atoms with Gasteiger partial charge in [-0.3, -0.25) is 8.37 Å². The summed E-state index contributed by atoms with van der Waals surface area (Å²) in [6.45, 7) is 4.05. The summed E-state index contributed by atoms with van der Waals surface area (Å²) in [5.41, 5.74) is 0. The molecule has 2 aliphatic heterocycles. The number of carbonyl (C=O) groups excluding carboxylic acids is 2. The van der Waals surface area contributed by atoms with Crippen LogP contribution in [0.1, 0.15) is 34.1 Å². The van der Waals surface area contributed by atoms with Gasteiger partial charge in [-0.1, -0.05) is 0 Å². The number of rotatable bonds is 10. The lowest BCUT2D eigenvalue weighted by molar-refractivity contribution is 0.0981. The van der Waals surface area contributed by atoms with Gasteiger partial charge in [-0.2, -0.15) is 16.8 Å². The molecule has 29 heavy (non-hydrogen) atoms. The van der Waals surface area contributed by atoms with Crippen LogP contribution >= 0.6 is 0 Å². The van der Waals surface area contributed by atoms with Crippen molar-refractivity contribution in [3.8, 4) is 0 Å². The van der Waals surface area contributed by atoms with Gasteiger partial charge in [0.2, 0.25) is 0 Å². The third kappa shape index (κ3) is 5.71. The van der Waals surface area contributed by atoms with Crippen molar-refractivity contribution < 1.29 is 53.7 Å². The smallest absolute Gasteiger partial charge is 0.430 e. The molecule has 2 saturated heterocycles. The van der Waals surface area contributed by atoms with E-state index in [1.807, 2.05) is 0 Å². The van der Waals surface area contributed by atoms with Crippen LogP contribution in [0.15, 0.2) is 0 Å². The normalized spacial score (nSPS) is 23.3. The van der Waals surface area contributed by atoms with Crippen LogP contribution in [0.25, 0.3) is 0 Å². The Morgan fingerprint density at radius 1 is 0.793 bits per heavy atom. The van der Waals surface area contributed by atoms with E-state index < -0.39 is 67.5 Å². The summed E-state index contributed by atoms with van der Waals surface area (Å²) >= 11 is 0. The third-order valence-corrected chi connectivity index (χ3v) is 8.21. The second-order valence-electron chi connectivity index (χ2n) is 7.78. The van der Waals surface area contributed by atoms with E-state index in [2.05, 4.69) is 9.47 Å². The van der Waals surface area contributed by atoms with Gasteiger partial charge in [-0.05, 0) is 34.1 Å². The van der Waals surface area contributed by atoms with Crippen molar-refractivity contribution in [3.63, 3.8) is 0 Å². The Morgan fingerprint density at radius 3 is 1.41 bits per heavy atom. The SMILES string of the molecule is CC(C)(CC(C)(C)S(=O)(=O)OCC1COC(=O)O1)S(=O)(=O)OCC1COC(=O)O1. The predicted octanol–water partition coefficient (Wildman–Crippen LogP) is 0.697. The molecule has 0 bridgehead atoms. The highest BCUT2D eigenvalue weighted by Crippen LogP contribution is 2.34. The first kappa shape index (κ1) is 23.6. The lowest BCUT2D eigenvalue weighted by Crippen LogP contribution is -2.46. The number of carbonyl (C=O) groups is 2. The second kappa shape index (κ2) is 8.24. The fourth-order valence-electron chi connectivity index (χ4n) is 2.75. The molecule has 0 N–H and O–H groups in total. The van der Waals surface area contributed by atoms with Gasteiger partial charge in [-0.25, -0.2) is 9.59 Å². The number of hydrogen-bond donors (Lipinski definition) is 0. The first-order chi connectivity index (χ1) is 13.2. The van der Waals surface area contributed by atoms with Crippen LogP contribution in [-0.2, 0) is 47.5 Å². The van der Waals surface area contributed by atoms with Crippen molar-refractivity contribution in [2.45, 2.75) is 55.8 Å². The van der Waals surface area contributed by atoms with Gasteiger partial charge < -0.3 is 18.9 Å². The zero-order valence-electron chi connectivity index (χ0n) is 16.4. The zero-order chi connectivity index (χ0) is 22.1. The van der Waals surface area contributed by atoms with Crippen molar-refractivity contribution in [1.82, 2.24) is 0 Å². The molecular weight excluding hydrogens is 436 g/mol. The van der Waals surface area contributed by atoms with E-state index in [1.165, 1.54) is 27.7 Å². The standard InChI is InChI=1S/C15H24O12S2/c1-14(2,28(18,19)24-7-10-5-22-12(16)26-10)9-15(3,4)29(20,21)25-8-11-6-23-13(17)27-11/h10-11H,5-9H2,1-4H3. The Bertz CT molecular complexity index is 773. The molecule has 2 aliphatic rings. The van der Waals surface area contributed by atoms with Crippen LogP contribution in [0.5, 0.6) is 0 Å². The Hall–Kier alpha value is -1.64. The van der Waals surface area contributed by atoms with E-state index in [0.29, 0.717) is 0 Å². The molecule has 14 heteroatoms. The zero-order valence-corrected chi connectivity index (χ0v) is 18.0. The minimum Gasteiger partial charge on any atom is -0.430 e. The first-order valence-electron chi connectivity index (χ1n) is 8.60. The molecule has 2 atom stereocenters. The van der Waals surface area contributed by atoms with Crippen LogP contribution in [0.4, 0.5) is 9.59 Å². The Labute approximate surface area is 169 Å². The number of cyclic esters (lactones) is 4. The van der Waals surface area contributed by atoms with E-state index in [-0.39, 0.29) is 19.6 Å². The van der Waals surface area contributed by atoms with Crippen molar-refractivity contribution >= 4 is 32.5 Å². The summed E-state index contributed by atoms with van der Waals surface area (Å²) < 4.78 is 75.5. The molecular formula is C15H24O12S2. The molecule has 0 spiro atoms. The lowest BCUT2D eigenvalue weighted by Gasteiger charge is -2.33. The molecule has 0 aromatic carbocycles. The highest BCUT2D eigenvalue weighted by Gasteiger charge is 2.47. The lowest BCUT2D eigenvalue weighted by atomic mass is 9.99. The van der Waals surface area contributed by atoms with E-state index >= 15 is 0 Å². The van der Waals surface area contributed by atoms with Gasteiger partial charge in [-0.15, -0.1) is 0 Å². The Morgan fingerprint density at radius 2 is 1.14 bits per heavy atom. The molecule has 0 aromatic rings. The molecule has 0 radical (unpaired) electrons. The largest absolute Gasteiger partial charge is 0.508 e. The topological polar surface area (TPSA) is 158 Å². The van der Waals surface area contributed by atoms with Gasteiger partial charge in [0.1, 0.15) is 26.4 Å². The molecule has 12 nitrogen and oxygen atoms in total. The van der Waals surface area contributed by atoms with Gasteiger partial charge in [0, 0.05) is 0 Å². The van der Waals surface area contributed by atoms with Crippen molar-refractivity contribution in [2.75, 3.05) is 26.4 Å². The minimum atomic E-state index is -4.25. The Balaban J connectivity index is 1.99. The Kier molecular flexibility index (Phi) is 6.72. The fraction of sp³-hybridized carbons (Fsp3) is 0.867. The van der Waals surface area contributed by atoms with Crippen LogP contribution < -0.4 is 0 Å². The molecule has 0 aliphatic carbocycles. The highest BCUT2D eigenvalue weighted by molar-refractivity contribution is 7.89. The minimum absolute atomic E-state index is 0.141. The molecule has 2 heterocycles. The average Bonchev–Trinajstić information content (AvgIpc) is 3.18. The van der Waals surface area contributed by atoms with Crippen LogP contribution in [0.3, 0.4) is 0 Å². The maximum Gasteiger partial charge on any atom is 0.508 e. The molecule has 2 fully saturated rings. The fourth-order valence-corrected chi connectivity index (χ4v) is 5.21. The summed E-state index contributed by atoms with van der Waals surface area (Å²) in [5, 5.41) is 0. The van der Waals surface area contributed by atoms with E-state index in [9.17, 15) is 26.4 Å². The number of ether oxygens (including phenoxy) is 4. The van der Waals surface area contributed by atoms with E-state index in [1.54, 1.807) is 0 Å². The van der Waals surface area contributed by atoms with E-state index in [4.69, 9.17) is 17.8 Å². The predicted molar refractivity (Wildman–Crippen MR) is 95.0 cm³/mol. The van der Waals surface area contributed by atoms with Crippen molar-refractivity contribution in [2.24, 2.45) is 0 Å². The summed E-state index contributed by atoms with van der Waals surface area (Å²) in [6.07, 6.45) is -3.95. The quantitative estimate of drug-likeness (QED) is 0.332. The van der Waals surface area contributed by atoms with Crippen molar-refractivity contribution in [3.05, 3.63) is 0 Å². The monoisotopic (exact) mass is 460 g/mol. The molecule has 0 saturated carbocycles. The van der Waals surface area contributed by atoms with Gasteiger partial charge in [0.05, 0.1) is 9.49 Å². The van der Waals surface area contributed by atoms with Gasteiger partial charge in [0.15, 0.2) is 12.2 Å². The summed E-state index contributed by atoms with van der Waals surface area (Å²) in [4.78, 5) is 21.8. The number of hydrogen-bond acceptors (Lipinski definition) is 12. The summed E-state index contributed by atoms with van der Waals surface area (Å²) in [7, 11) is -8.50. The van der Waals surface area contributed by atoms with E-state index in [0.717, 1.165) is 0 Å². The van der Waals surface area contributed by atoms with Crippen LogP contribution in [-0.4, -0.2) is 77.3 Å². The van der Waals surface area contributed by atoms with Gasteiger partial charge >= 0.3 is 12.3 Å². The summed E-state index contributed by atoms with van der Waals surface area (Å²) in [5.74, 6) is 0. The second-order valence-corrected chi connectivity index (χ2v) is 12.3. The highest BCUT2D eigenvalue weighted by atomic mass is 32.2. The van der Waals surface area contributed by atoms with Crippen molar-refractivity contribution in [1.29, 1.82) is 0 Å². The molecule has 2 unspecified atom stereocenters. The molecule has 168 valence electrons. The maximum absolute atomic E-state index is 12.6. The molecule has 0 amide bonds. The first-order valence-corrected chi connectivity index (χ1v) is 11.4. The van der Waals surface area contributed by atoms with Crippen LogP contribution in [0, 0.1) is 0 Å². The average molecular weight is 460 g/mol. The molecule has 2 rings (SSSR count). The maximum atomic E-state index is 12.6. The van der Waals surface area contributed by atoms with Gasteiger partial charge in [0.25, 0.3) is 20.2 Å². The molecule has 0 aromatic heterocycles. The van der Waals surface area contributed by atoms with Crippen LogP contribution in [0.2, 0.25) is 0 Å².